The summed E-state index contributed by atoms with van der Waals surface area (Å²) in [5, 5.41) is 0. The number of methoxy groups -OCH3 is 1. The van der Waals surface area contributed by atoms with Crippen molar-refractivity contribution in [2.45, 2.75) is 6.92 Å². The molecular formula is C10H10N2O2. The monoisotopic (exact) mass is 190 g/mol. The third-order valence-corrected chi connectivity index (χ3v) is 2.02. The Hall–Kier alpha value is -1.84. The lowest BCUT2D eigenvalue weighted by atomic mass is 10.3. The van der Waals surface area contributed by atoms with Gasteiger partial charge in [-0.2, -0.15) is 0 Å². The van der Waals surface area contributed by atoms with Crippen LogP contribution in [-0.2, 0) is 4.74 Å². The van der Waals surface area contributed by atoms with Crippen molar-refractivity contribution in [1.82, 2.24) is 9.38 Å². The van der Waals surface area contributed by atoms with Gasteiger partial charge in [-0.15, -0.1) is 0 Å². The average molecular weight is 190 g/mol. The van der Waals surface area contributed by atoms with Gasteiger partial charge in [-0.1, -0.05) is 0 Å². The molecule has 0 amide bonds. The summed E-state index contributed by atoms with van der Waals surface area (Å²) in [6.45, 7) is 1.85. The first-order chi connectivity index (χ1) is 6.72. The molecule has 0 radical (unpaired) electrons. The van der Waals surface area contributed by atoms with E-state index in [1.807, 2.05) is 19.1 Å². The SMILES string of the molecule is COC(=O)c1cc(C)nc2cccn12. The minimum Gasteiger partial charge on any atom is -0.464 e. The molecule has 2 heterocycles. The van der Waals surface area contributed by atoms with Gasteiger partial charge in [0.05, 0.1) is 7.11 Å². The fourth-order valence-corrected chi connectivity index (χ4v) is 1.41. The van der Waals surface area contributed by atoms with E-state index in [0.29, 0.717) is 5.69 Å². The minimum absolute atomic E-state index is 0.350. The maximum atomic E-state index is 11.4. The highest BCUT2D eigenvalue weighted by atomic mass is 16.5. The molecule has 2 rings (SSSR count). The summed E-state index contributed by atoms with van der Waals surface area (Å²) in [6.07, 6.45) is 1.79. The molecule has 0 aliphatic carbocycles. The second kappa shape index (κ2) is 3.14. The Labute approximate surface area is 81.1 Å². The van der Waals surface area contributed by atoms with Gasteiger partial charge in [-0.05, 0) is 25.1 Å². The van der Waals surface area contributed by atoms with Crippen molar-refractivity contribution >= 4 is 11.6 Å². The second-order valence-corrected chi connectivity index (χ2v) is 3.01. The zero-order valence-corrected chi connectivity index (χ0v) is 8.02. The van der Waals surface area contributed by atoms with Crippen molar-refractivity contribution in [1.29, 1.82) is 0 Å². The molecule has 4 heteroatoms. The van der Waals surface area contributed by atoms with Crippen LogP contribution >= 0.6 is 0 Å². The van der Waals surface area contributed by atoms with E-state index in [2.05, 4.69) is 9.72 Å². The summed E-state index contributed by atoms with van der Waals surface area (Å²) in [6, 6.07) is 5.40. The number of esters is 1. The number of rotatable bonds is 1. The number of hydrogen-bond donors (Lipinski definition) is 0. The van der Waals surface area contributed by atoms with Crippen LogP contribution in [0.5, 0.6) is 0 Å². The van der Waals surface area contributed by atoms with Crippen molar-refractivity contribution < 1.29 is 9.53 Å². The lowest BCUT2D eigenvalue weighted by Crippen LogP contribution is -2.08. The van der Waals surface area contributed by atoms with Crippen LogP contribution in [0, 0.1) is 6.92 Å². The molecule has 4 nitrogen and oxygen atoms in total. The van der Waals surface area contributed by atoms with Crippen LogP contribution < -0.4 is 0 Å². The summed E-state index contributed by atoms with van der Waals surface area (Å²) in [7, 11) is 1.37. The van der Waals surface area contributed by atoms with Crippen molar-refractivity contribution in [3.05, 3.63) is 35.8 Å². The number of hydrogen-bond acceptors (Lipinski definition) is 3. The first-order valence-electron chi connectivity index (χ1n) is 4.25. The molecule has 0 saturated carbocycles. The molecule has 0 atom stereocenters. The van der Waals surface area contributed by atoms with Crippen molar-refractivity contribution in [2.75, 3.05) is 7.11 Å². The Bertz CT molecular complexity index is 488. The predicted molar refractivity (Wildman–Crippen MR) is 51.3 cm³/mol. The Kier molecular flexibility index (Phi) is 1.96. The average Bonchev–Trinajstić information content (AvgIpc) is 2.62. The van der Waals surface area contributed by atoms with Gasteiger partial charge in [0.1, 0.15) is 11.3 Å². The van der Waals surface area contributed by atoms with E-state index >= 15 is 0 Å². The van der Waals surface area contributed by atoms with Crippen LogP contribution in [0.1, 0.15) is 16.2 Å². The molecule has 2 aromatic rings. The summed E-state index contributed by atoms with van der Waals surface area (Å²) < 4.78 is 6.39. The number of aryl methyl sites for hydroxylation is 1. The van der Waals surface area contributed by atoms with Crippen LogP contribution in [0.3, 0.4) is 0 Å². The van der Waals surface area contributed by atoms with Crippen LogP contribution in [0.4, 0.5) is 0 Å². The first-order valence-corrected chi connectivity index (χ1v) is 4.25. The van der Waals surface area contributed by atoms with E-state index in [1.165, 1.54) is 7.11 Å². The van der Waals surface area contributed by atoms with E-state index in [-0.39, 0.29) is 5.97 Å². The third-order valence-electron chi connectivity index (χ3n) is 2.02. The third kappa shape index (κ3) is 1.25. The first kappa shape index (κ1) is 8.74. The molecule has 0 N–H and O–H groups in total. The molecular weight excluding hydrogens is 180 g/mol. The van der Waals surface area contributed by atoms with Crippen molar-refractivity contribution in [3.63, 3.8) is 0 Å². The van der Waals surface area contributed by atoms with Gasteiger partial charge >= 0.3 is 5.97 Å². The van der Waals surface area contributed by atoms with E-state index in [1.54, 1.807) is 16.7 Å². The van der Waals surface area contributed by atoms with Crippen LogP contribution in [0.15, 0.2) is 24.4 Å². The van der Waals surface area contributed by atoms with Crippen LogP contribution in [0.25, 0.3) is 5.65 Å². The predicted octanol–water partition coefficient (Wildman–Crippen LogP) is 1.43. The number of carbonyl (C=O) groups is 1. The maximum Gasteiger partial charge on any atom is 0.355 e. The normalized spacial score (nSPS) is 10.4. The minimum atomic E-state index is -0.350. The molecule has 0 bridgehead atoms. The fraction of sp³-hybridized carbons (Fsp3) is 0.200. The Balaban J connectivity index is 2.72. The molecule has 0 unspecified atom stereocenters. The number of carbonyl (C=O) groups excluding carboxylic acids is 1. The maximum absolute atomic E-state index is 11.4. The summed E-state index contributed by atoms with van der Waals surface area (Å²) in [4.78, 5) is 15.7. The Morgan fingerprint density at radius 2 is 2.36 bits per heavy atom. The van der Waals surface area contributed by atoms with E-state index in [9.17, 15) is 4.79 Å². The van der Waals surface area contributed by atoms with Gasteiger partial charge in [-0.3, -0.25) is 4.40 Å². The van der Waals surface area contributed by atoms with Gasteiger partial charge < -0.3 is 4.74 Å². The highest BCUT2D eigenvalue weighted by Crippen LogP contribution is 2.09. The van der Waals surface area contributed by atoms with Gasteiger partial charge in [-0.25, -0.2) is 9.78 Å². The second-order valence-electron chi connectivity index (χ2n) is 3.01. The summed E-state index contributed by atoms with van der Waals surface area (Å²) in [5.74, 6) is -0.350. The fourth-order valence-electron chi connectivity index (χ4n) is 1.41. The Morgan fingerprint density at radius 1 is 1.57 bits per heavy atom. The number of aromatic nitrogens is 2. The van der Waals surface area contributed by atoms with Crippen molar-refractivity contribution in [3.8, 4) is 0 Å². The smallest absolute Gasteiger partial charge is 0.355 e. The van der Waals surface area contributed by atoms with Gasteiger partial charge in [0.2, 0.25) is 0 Å². The lowest BCUT2D eigenvalue weighted by Gasteiger charge is -2.04. The van der Waals surface area contributed by atoms with Crippen molar-refractivity contribution in [2.24, 2.45) is 0 Å². The summed E-state index contributed by atoms with van der Waals surface area (Å²) in [5.41, 5.74) is 2.06. The molecule has 14 heavy (non-hydrogen) atoms. The zero-order valence-electron chi connectivity index (χ0n) is 8.02. The van der Waals surface area contributed by atoms with E-state index in [4.69, 9.17) is 0 Å². The largest absolute Gasteiger partial charge is 0.464 e. The molecule has 0 fully saturated rings. The number of nitrogens with zero attached hydrogens (tertiary/aromatic N) is 2. The molecule has 2 aromatic heterocycles. The van der Waals surface area contributed by atoms with Gasteiger partial charge in [0.15, 0.2) is 0 Å². The van der Waals surface area contributed by atoms with Crippen LogP contribution in [0.2, 0.25) is 0 Å². The van der Waals surface area contributed by atoms with Crippen LogP contribution in [-0.4, -0.2) is 22.5 Å². The van der Waals surface area contributed by atoms with E-state index in [0.717, 1.165) is 11.3 Å². The zero-order chi connectivity index (χ0) is 10.1. The highest BCUT2D eigenvalue weighted by Gasteiger charge is 2.10. The molecule has 0 aliphatic rings. The quantitative estimate of drug-likeness (QED) is 0.639. The Morgan fingerprint density at radius 3 is 3.07 bits per heavy atom. The lowest BCUT2D eigenvalue weighted by molar-refractivity contribution is 0.0592. The summed E-state index contributed by atoms with van der Waals surface area (Å²) >= 11 is 0. The topological polar surface area (TPSA) is 43.6 Å². The molecule has 0 spiro atoms. The highest BCUT2D eigenvalue weighted by molar-refractivity contribution is 5.88. The van der Waals surface area contributed by atoms with Gasteiger partial charge in [0, 0.05) is 11.9 Å². The number of fused-ring (bicyclic) bond motifs is 1. The van der Waals surface area contributed by atoms with Gasteiger partial charge in [0.25, 0.3) is 0 Å². The molecule has 0 saturated heterocycles. The van der Waals surface area contributed by atoms with E-state index < -0.39 is 0 Å². The molecule has 72 valence electrons. The standard InChI is InChI=1S/C10H10N2O2/c1-7-6-8(10(13)14-2)12-5-3-4-9(12)11-7/h3-6H,1-2H3. The number of ether oxygens (including phenoxy) is 1. The molecule has 0 aromatic carbocycles. The molecule has 0 aliphatic heterocycles.